The molecule has 0 spiro atoms. The lowest BCUT2D eigenvalue weighted by Crippen LogP contribution is -2.13. The molecule has 0 bridgehead atoms. The highest BCUT2D eigenvalue weighted by atomic mass is 32.1. The minimum absolute atomic E-state index is 0.189. The molecule has 0 atom stereocenters. The fourth-order valence-electron chi connectivity index (χ4n) is 2.55. The van der Waals surface area contributed by atoms with Crippen LogP contribution in [0.3, 0.4) is 0 Å². The molecule has 0 unspecified atom stereocenters. The average Bonchev–Trinajstić information content (AvgIpc) is 3.32. The van der Waals surface area contributed by atoms with Crippen molar-refractivity contribution in [3.05, 3.63) is 70.2 Å². The van der Waals surface area contributed by atoms with Crippen LogP contribution in [-0.2, 0) is 0 Å². The molecule has 0 aliphatic rings. The van der Waals surface area contributed by atoms with E-state index in [-0.39, 0.29) is 11.8 Å². The highest BCUT2D eigenvalue weighted by Crippen LogP contribution is 2.20. The quantitative estimate of drug-likeness (QED) is 0.557. The first-order valence-corrected chi connectivity index (χ1v) is 8.96. The first-order chi connectivity index (χ1) is 13.1. The van der Waals surface area contributed by atoms with Gasteiger partial charge in [-0.2, -0.15) is 0 Å². The summed E-state index contributed by atoms with van der Waals surface area (Å²) in [5, 5.41) is 12.0. The SMILES string of the molecule is Cc1noc2ncc(C(=O)Nc3cccc(NC(=O)c4cccs4)c3)cc12. The highest BCUT2D eigenvalue weighted by molar-refractivity contribution is 7.12. The van der Waals surface area contributed by atoms with E-state index in [9.17, 15) is 9.59 Å². The number of aromatic nitrogens is 2. The maximum absolute atomic E-state index is 12.5. The van der Waals surface area contributed by atoms with Crippen LogP contribution in [0.25, 0.3) is 11.1 Å². The van der Waals surface area contributed by atoms with Crippen LogP contribution in [0.2, 0.25) is 0 Å². The van der Waals surface area contributed by atoms with Crippen LogP contribution in [-0.4, -0.2) is 22.0 Å². The second-order valence-electron chi connectivity index (χ2n) is 5.81. The Kier molecular flexibility index (Phi) is 4.39. The number of thiophene rings is 1. The van der Waals surface area contributed by atoms with Crippen molar-refractivity contribution >= 4 is 45.6 Å². The first kappa shape index (κ1) is 16.9. The van der Waals surface area contributed by atoms with Gasteiger partial charge in [0.05, 0.1) is 21.5 Å². The molecule has 8 heteroatoms. The van der Waals surface area contributed by atoms with E-state index >= 15 is 0 Å². The molecule has 0 aliphatic heterocycles. The van der Waals surface area contributed by atoms with Crippen LogP contribution in [0.4, 0.5) is 11.4 Å². The number of rotatable bonds is 4. The lowest BCUT2D eigenvalue weighted by molar-refractivity contribution is 0.102. The molecule has 7 nitrogen and oxygen atoms in total. The minimum atomic E-state index is -0.313. The zero-order valence-electron chi connectivity index (χ0n) is 14.2. The van der Waals surface area contributed by atoms with Crippen LogP contribution in [0, 0.1) is 6.92 Å². The molecule has 4 aromatic rings. The predicted octanol–water partition coefficient (Wildman–Crippen LogP) is 4.10. The maximum Gasteiger partial charge on any atom is 0.265 e. The van der Waals surface area contributed by atoms with E-state index in [0.29, 0.717) is 38.6 Å². The van der Waals surface area contributed by atoms with Gasteiger partial charge in [-0.3, -0.25) is 9.59 Å². The van der Waals surface area contributed by atoms with Crippen molar-refractivity contribution < 1.29 is 14.1 Å². The second kappa shape index (κ2) is 7.00. The van der Waals surface area contributed by atoms with Gasteiger partial charge in [0.2, 0.25) is 0 Å². The molecule has 27 heavy (non-hydrogen) atoms. The number of nitrogens with one attached hydrogen (secondary N) is 2. The van der Waals surface area contributed by atoms with Crippen LogP contribution in [0.1, 0.15) is 25.7 Å². The summed E-state index contributed by atoms with van der Waals surface area (Å²) < 4.78 is 5.05. The van der Waals surface area contributed by atoms with Crippen LogP contribution >= 0.6 is 11.3 Å². The van der Waals surface area contributed by atoms with E-state index in [0.717, 1.165) is 0 Å². The standard InChI is InChI=1S/C19H14N4O3S/c1-11-15-8-12(10-20-19(15)26-23-11)17(24)21-13-4-2-5-14(9-13)22-18(25)16-6-3-7-27-16/h2-10H,1H3,(H,21,24)(H,22,25). The zero-order valence-corrected chi connectivity index (χ0v) is 15.0. The van der Waals surface area contributed by atoms with E-state index in [4.69, 9.17) is 4.52 Å². The van der Waals surface area contributed by atoms with Crippen molar-refractivity contribution in [2.75, 3.05) is 10.6 Å². The summed E-state index contributed by atoms with van der Waals surface area (Å²) in [5.74, 6) is -0.502. The van der Waals surface area contributed by atoms with Gasteiger partial charge in [-0.25, -0.2) is 4.98 Å². The number of nitrogens with zero attached hydrogens (tertiary/aromatic N) is 2. The fourth-order valence-corrected chi connectivity index (χ4v) is 3.17. The molecule has 3 heterocycles. The number of anilines is 2. The van der Waals surface area contributed by atoms with Gasteiger partial charge >= 0.3 is 0 Å². The molecular formula is C19H14N4O3S. The van der Waals surface area contributed by atoms with Gasteiger partial charge in [0.15, 0.2) is 0 Å². The van der Waals surface area contributed by atoms with Gasteiger partial charge in [0.25, 0.3) is 17.5 Å². The number of pyridine rings is 1. The number of hydrogen-bond acceptors (Lipinski definition) is 6. The van der Waals surface area contributed by atoms with E-state index in [1.165, 1.54) is 17.5 Å². The van der Waals surface area contributed by atoms with Crippen LogP contribution in [0.5, 0.6) is 0 Å². The molecule has 0 saturated carbocycles. The second-order valence-corrected chi connectivity index (χ2v) is 6.76. The first-order valence-electron chi connectivity index (χ1n) is 8.08. The largest absolute Gasteiger partial charge is 0.336 e. The van der Waals surface area contributed by atoms with Crippen molar-refractivity contribution in [3.8, 4) is 0 Å². The number of amides is 2. The topological polar surface area (TPSA) is 97.1 Å². The molecule has 2 N–H and O–H groups in total. The third kappa shape index (κ3) is 3.56. The summed E-state index contributed by atoms with van der Waals surface area (Å²) in [5.41, 5.74) is 2.61. The summed E-state index contributed by atoms with van der Waals surface area (Å²) in [6.07, 6.45) is 1.44. The lowest BCUT2D eigenvalue weighted by atomic mass is 10.2. The molecule has 134 valence electrons. The number of carbonyl (C=O) groups excluding carboxylic acids is 2. The van der Waals surface area contributed by atoms with Crippen molar-refractivity contribution in [1.82, 2.24) is 10.1 Å². The normalized spacial score (nSPS) is 10.7. The smallest absolute Gasteiger partial charge is 0.265 e. The van der Waals surface area contributed by atoms with Crippen molar-refractivity contribution in [2.24, 2.45) is 0 Å². The van der Waals surface area contributed by atoms with Gasteiger partial charge in [-0.1, -0.05) is 17.3 Å². The number of hydrogen-bond donors (Lipinski definition) is 2. The molecule has 0 radical (unpaired) electrons. The van der Waals surface area contributed by atoms with Crippen molar-refractivity contribution in [2.45, 2.75) is 6.92 Å². The summed E-state index contributed by atoms with van der Waals surface area (Å²) in [4.78, 5) is 29.4. The number of fused-ring (bicyclic) bond motifs is 1. The third-order valence-electron chi connectivity index (χ3n) is 3.90. The molecule has 0 fully saturated rings. The molecule has 2 amide bonds. The van der Waals surface area contributed by atoms with Gasteiger partial charge in [-0.15, -0.1) is 11.3 Å². The Bertz CT molecular complexity index is 1140. The van der Waals surface area contributed by atoms with E-state index in [1.807, 2.05) is 11.4 Å². The van der Waals surface area contributed by atoms with Crippen LogP contribution < -0.4 is 10.6 Å². The summed E-state index contributed by atoms with van der Waals surface area (Å²) >= 11 is 1.36. The third-order valence-corrected chi connectivity index (χ3v) is 4.76. The van der Waals surface area contributed by atoms with Crippen molar-refractivity contribution in [3.63, 3.8) is 0 Å². The lowest BCUT2D eigenvalue weighted by Gasteiger charge is -2.08. The highest BCUT2D eigenvalue weighted by Gasteiger charge is 2.12. The Morgan fingerprint density at radius 3 is 2.56 bits per heavy atom. The maximum atomic E-state index is 12.5. The minimum Gasteiger partial charge on any atom is -0.336 e. The Labute approximate surface area is 158 Å². The molecule has 0 saturated heterocycles. The van der Waals surface area contributed by atoms with Gasteiger partial charge in [0.1, 0.15) is 0 Å². The summed E-state index contributed by atoms with van der Waals surface area (Å²) in [7, 11) is 0. The molecule has 0 aliphatic carbocycles. The van der Waals surface area contributed by atoms with E-state index in [1.54, 1.807) is 43.3 Å². The monoisotopic (exact) mass is 378 g/mol. The van der Waals surface area contributed by atoms with Gasteiger partial charge < -0.3 is 15.2 Å². The van der Waals surface area contributed by atoms with Crippen LogP contribution in [0.15, 0.2) is 58.6 Å². The summed E-state index contributed by atoms with van der Waals surface area (Å²) in [6.45, 7) is 1.79. The van der Waals surface area contributed by atoms with Gasteiger partial charge in [0, 0.05) is 17.6 Å². The van der Waals surface area contributed by atoms with E-state index < -0.39 is 0 Å². The Morgan fingerprint density at radius 2 is 1.81 bits per heavy atom. The zero-order chi connectivity index (χ0) is 18.8. The molecule has 4 rings (SSSR count). The number of aryl methyl sites for hydroxylation is 1. The van der Waals surface area contributed by atoms with E-state index in [2.05, 4.69) is 20.8 Å². The molecule has 3 aromatic heterocycles. The molecule has 1 aromatic carbocycles. The summed E-state index contributed by atoms with van der Waals surface area (Å²) in [6, 6.07) is 12.2. The molecular weight excluding hydrogens is 364 g/mol. The predicted molar refractivity (Wildman–Crippen MR) is 103 cm³/mol. The Balaban J connectivity index is 1.50. The average molecular weight is 378 g/mol. The number of benzene rings is 1. The number of carbonyl (C=O) groups is 2. The van der Waals surface area contributed by atoms with Crippen molar-refractivity contribution in [1.29, 1.82) is 0 Å². The van der Waals surface area contributed by atoms with Gasteiger partial charge in [-0.05, 0) is 42.6 Å². The Morgan fingerprint density at radius 1 is 1.04 bits per heavy atom. The fraction of sp³-hybridized carbons (Fsp3) is 0.0526. The Hall–Kier alpha value is -3.52.